The van der Waals surface area contributed by atoms with Crippen molar-refractivity contribution in [2.75, 3.05) is 11.1 Å². The lowest BCUT2D eigenvalue weighted by Gasteiger charge is -2.08. The number of hydrogen-bond donors (Lipinski definition) is 2. The van der Waals surface area contributed by atoms with Gasteiger partial charge in [-0.05, 0) is 36.4 Å². The molecule has 3 N–H and O–H groups in total. The van der Waals surface area contributed by atoms with E-state index < -0.39 is 5.91 Å². The van der Waals surface area contributed by atoms with Crippen molar-refractivity contribution < 1.29 is 4.79 Å². The number of hydrogen-bond acceptors (Lipinski definition) is 3. The van der Waals surface area contributed by atoms with Crippen LogP contribution >= 0.6 is 23.2 Å². The lowest BCUT2D eigenvalue weighted by molar-refractivity contribution is 0.102. The predicted molar refractivity (Wildman–Crippen MR) is 80.0 cm³/mol. The summed E-state index contributed by atoms with van der Waals surface area (Å²) in [5, 5.41) is 12.2. The summed E-state index contributed by atoms with van der Waals surface area (Å²) in [5.41, 5.74) is 7.09. The highest BCUT2D eigenvalue weighted by atomic mass is 35.5. The Balaban J connectivity index is 2.30. The van der Waals surface area contributed by atoms with Crippen LogP contribution in [0.25, 0.3) is 0 Å². The van der Waals surface area contributed by atoms with Gasteiger partial charge >= 0.3 is 0 Å². The minimum atomic E-state index is -0.406. The van der Waals surface area contributed by atoms with E-state index in [-0.39, 0.29) is 0 Å². The summed E-state index contributed by atoms with van der Waals surface area (Å²) in [6, 6.07) is 11.1. The maximum atomic E-state index is 12.1. The molecule has 0 unspecified atom stereocenters. The van der Waals surface area contributed by atoms with Crippen molar-refractivity contribution in [3.05, 3.63) is 57.6 Å². The van der Waals surface area contributed by atoms with Gasteiger partial charge in [0.1, 0.15) is 0 Å². The number of carbonyl (C=O) groups is 1. The van der Waals surface area contributed by atoms with E-state index in [2.05, 4.69) is 5.32 Å². The summed E-state index contributed by atoms with van der Waals surface area (Å²) in [4.78, 5) is 12.1. The third kappa shape index (κ3) is 3.21. The molecule has 0 fully saturated rings. The van der Waals surface area contributed by atoms with Crippen LogP contribution in [0.1, 0.15) is 15.9 Å². The number of anilines is 2. The summed E-state index contributed by atoms with van der Waals surface area (Å²) in [5.74, 6) is -0.406. The van der Waals surface area contributed by atoms with Gasteiger partial charge in [0.05, 0.1) is 22.3 Å². The highest BCUT2D eigenvalue weighted by Crippen LogP contribution is 2.24. The van der Waals surface area contributed by atoms with E-state index in [9.17, 15) is 4.79 Å². The van der Waals surface area contributed by atoms with E-state index in [0.29, 0.717) is 32.5 Å². The molecule has 0 aliphatic heterocycles. The van der Waals surface area contributed by atoms with Gasteiger partial charge < -0.3 is 11.1 Å². The van der Waals surface area contributed by atoms with Crippen LogP contribution in [-0.2, 0) is 0 Å². The van der Waals surface area contributed by atoms with Crippen molar-refractivity contribution in [1.29, 1.82) is 5.26 Å². The molecule has 20 heavy (non-hydrogen) atoms. The van der Waals surface area contributed by atoms with Crippen LogP contribution in [0.5, 0.6) is 0 Å². The van der Waals surface area contributed by atoms with Crippen molar-refractivity contribution in [2.24, 2.45) is 0 Å². The number of nitrogens with zero attached hydrogens (tertiary/aromatic N) is 1. The molecule has 0 aliphatic rings. The van der Waals surface area contributed by atoms with Crippen LogP contribution in [0, 0.1) is 11.3 Å². The Morgan fingerprint density at radius 2 is 1.95 bits per heavy atom. The summed E-state index contributed by atoms with van der Waals surface area (Å²) in [7, 11) is 0. The van der Waals surface area contributed by atoms with Gasteiger partial charge in [-0.2, -0.15) is 5.26 Å². The van der Waals surface area contributed by atoms with E-state index >= 15 is 0 Å². The molecule has 0 aromatic heterocycles. The molecule has 0 saturated heterocycles. The normalized spacial score (nSPS) is 9.85. The molecule has 2 aromatic carbocycles. The lowest BCUT2D eigenvalue weighted by Crippen LogP contribution is -2.12. The average molecular weight is 306 g/mol. The van der Waals surface area contributed by atoms with Gasteiger partial charge in [-0.1, -0.05) is 23.2 Å². The van der Waals surface area contributed by atoms with Gasteiger partial charge in [-0.3, -0.25) is 4.79 Å². The van der Waals surface area contributed by atoms with Gasteiger partial charge in [0, 0.05) is 16.3 Å². The first-order chi connectivity index (χ1) is 9.49. The second kappa shape index (κ2) is 5.83. The Hall–Kier alpha value is -2.22. The molecule has 0 heterocycles. The number of amides is 1. The molecule has 0 saturated carbocycles. The van der Waals surface area contributed by atoms with E-state index in [1.807, 2.05) is 6.07 Å². The SMILES string of the molecule is N#Cc1ccc(Cl)c(NC(=O)c2cc(N)cc(Cl)c2)c1. The smallest absolute Gasteiger partial charge is 0.255 e. The summed E-state index contributed by atoms with van der Waals surface area (Å²) in [6.07, 6.45) is 0. The van der Waals surface area contributed by atoms with Crippen molar-refractivity contribution in [3.63, 3.8) is 0 Å². The summed E-state index contributed by atoms with van der Waals surface area (Å²) >= 11 is 11.8. The fourth-order valence-corrected chi connectivity index (χ4v) is 2.04. The first-order valence-corrected chi connectivity index (χ1v) is 6.32. The van der Waals surface area contributed by atoms with Crippen LogP contribution in [0.3, 0.4) is 0 Å². The molecule has 6 heteroatoms. The highest BCUT2D eigenvalue weighted by Gasteiger charge is 2.10. The summed E-state index contributed by atoms with van der Waals surface area (Å²) < 4.78 is 0. The standard InChI is InChI=1S/C14H9Cl2N3O/c15-10-4-9(5-11(18)6-10)14(20)19-13-3-8(7-17)1-2-12(13)16/h1-6H,18H2,(H,19,20). The molecule has 100 valence electrons. The number of carbonyl (C=O) groups excluding carboxylic acids is 1. The third-order valence-corrected chi connectivity index (χ3v) is 3.07. The van der Waals surface area contributed by atoms with E-state index in [0.717, 1.165) is 0 Å². The molecule has 2 aromatic rings. The molecular formula is C14H9Cl2N3O. The quantitative estimate of drug-likeness (QED) is 0.830. The van der Waals surface area contributed by atoms with Crippen LogP contribution in [0.2, 0.25) is 10.0 Å². The Bertz CT molecular complexity index is 703. The highest BCUT2D eigenvalue weighted by molar-refractivity contribution is 6.34. The molecule has 2 rings (SSSR count). The second-order valence-corrected chi connectivity index (χ2v) is 4.88. The van der Waals surface area contributed by atoms with E-state index in [1.54, 1.807) is 18.2 Å². The summed E-state index contributed by atoms with van der Waals surface area (Å²) in [6.45, 7) is 0. The molecule has 0 radical (unpaired) electrons. The van der Waals surface area contributed by atoms with E-state index in [1.165, 1.54) is 18.2 Å². The predicted octanol–water partition coefficient (Wildman–Crippen LogP) is 3.70. The van der Waals surface area contributed by atoms with Gasteiger partial charge in [0.25, 0.3) is 5.91 Å². The van der Waals surface area contributed by atoms with Crippen molar-refractivity contribution in [1.82, 2.24) is 0 Å². The zero-order chi connectivity index (χ0) is 14.7. The first-order valence-electron chi connectivity index (χ1n) is 5.56. The molecule has 1 amide bonds. The van der Waals surface area contributed by atoms with Crippen LogP contribution in [-0.4, -0.2) is 5.91 Å². The molecule has 0 spiro atoms. The van der Waals surface area contributed by atoms with Crippen LogP contribution < -0.4 is 11.1 Å². The molecule has 4 nitrogen and oxygen atoms in total. The van der Waals surface area contributed by atoms with Gasteiger partial charge in [0.15, 0.2) is 0 Å². The zero-order valence-electron chi connectivity index (χ0n) is 10.2. The zero-order valence-corrected chi connectivity index (χ0v) is 11.7. The largest absolute Gasteiger partial charge is 0.399 e. The van der Waals surface area contributed by atoms with Crippen LogP contribution in [0.15, 0.2) is 36.4 Å². The van der Waals surface area contributed by atoms with Gasteiger partial charge in [0.2, 0.25) is 0 Å². The first kappa shape index (κ1) is 14.2. The lowest BCUT2D eigenvalue weighted by atomic mass is 10.1. The van der Waals surface area contributed by atoms with Crippen molar-refractivity contribution >= 4 is 40.5 Å². The van der Waals surface area contributed by atoms with Gasteiger partial charge in [-0.25, -0.2) is 0 Å². The number of benzene rings is 2. The Morgan fingerprint density at radius 1 is 1.20 bits per heavy atom. The second-order valence-electron chi connectivity index (χ2n) is 4.03. The minimum absolute atomic E-state index is 0.313. The number of nitriles is 1. The maximum absolute atomic E-state index is 12.1. The number of nitrogen functional groups attached to an aromatic ring is 1. The number of nitrogens with two attached hydrogens (primary N) is 1. The fraction of sp³-hybridized carbons (Fsp3) is 0. The Morgan fingerprint density at radius 3 is 2.60 bits per heavy atom. The molecule has 0 aliphatic carbocycles. The van der Waals surface area contributed by atoms with Gasteiger partial charge in [-0.15, -0.1) is 0 Å². The number of nitrogens with one attached hydrogen (secondary N) is 1. The molecule has 0 bridgehead atoms. The topological polar surface area (TPSA) is 78.9 Å². The maximum Gasteiger partial charge on any atom is 0.255 e. The van der Waals surface area contributed by atoms with Crippen LogP contribution in [0.4, 0.5) is 11.4 Å². The fourth-order valence-electron chi connectivity index (χ4n) is 1.63. The van der Waals surface area contributed by atoms with E-state index in [4.69, 9.17) is 34.2 Å². The Kier molecular flexibility index (Phi) is 4.14. The molecule has 0 atom stereocenters. The number of rotatable bonds is 2. The van der Waals surface area contributed by atoms with Crippen molar-refractivity contribution in [2.45, 2.75) is 0 Å². The van der Waals surface area contributed by atoms with Crippen molar-refractivity contribution in [3.8, 4) is 6.07 Å². The number of halogens is 2. The average Bonchev–Trinajstić information content (AvgIpc) is 2.40. The monoisotopic (exact) mass is 305 g/mol. The minimum Gasteiger partial charge on any atom is -0.399 e. The Labute approximate surface area is 125 Å². The third-order valence-electron chi connectivity index (χ3n) is 2.53. The molecular weight excluding hydrogens is 297 g/mol.